The van der Waals surface area contributed by atoms with Crippen molar-refractivity contribution in [2.75, 3.05) is 0 Å². The van der Waals surface area contributed by atoms with E-state index in [1.165, 1.54) is 11.8 Å². The van der Waals surface area contributed by atoms with Gasteiger partial charge in [-0.1, -0.05) is 53.7 Å². The Morgan fingerprint density at radius 2 is 1.79 bits per heavy atom. The smallest absolute Gasteiger partial charge is 0.262 e. The van der Waals surface area contributed by atoms with Crippen molar-refractivity contribution in [1.82, 2.24) is 14.9 Å². The lowest BCUT2D eigenvalue weighted by Crippen LogP contribution is -2.34. The maximum atomic E-state index is 13.0. The number of rotatable bonds is 6. The van der Waals surface area contributed by atoms with E-state index < -0.39 is 5.25 Å². The van der Waals surface area contributed by atoms with Crippen molar-refractivity contribution in [1.29, 1.82) is 0 Å². The summed E-state index contributed by atoms with van der Waals surface area (Å²) in [6.45, 7) is 7.62. The van der Waals surface area contributed by atoms with Crippen LogP contribution >= 0.6 is 23.4 Å². The second kappa shape index (κ2) is 9.01. The van der Waals surface area contributed by atoms with Crippen molar-refractivity contribution in [3.63, 3.8) is 0 Å². The van der Waals surface area contributed by atoms with Crippen LogP contribution < -0.4 is 10.9 Å². The molecule has 7 heteroatoms. The molecule has 0 bridgehead atoms. The fourth-order valence-electron chi connectivity index (χ4n) is 3.06. The van der Waals surface area contributed by atoms with Gasteiger partial charge >= 0.3 is 0 Å². The Morgan fingerprint density at radius 1 is 1.10 bits per heavy atom. The molecule has 0 radical (unpaired) electrons. The fourth-order valence-corrected chi connectivity index (χ4v) is 4.27. The van der Waals surface area contributed by atoms with Crippen molar-refractivity contribution in [3.8, 4) is 0 Å². The minimum absolute atomic E-state index is 0.0870. The van der Waals surface area contributed by atoms with Crippen LogP contribution in [0.25, 0.3) is 10.9 Å². The molecule has 2 aromatic carbocycles. The Balaban J connectivity index is 1.87. The first-order chi connectivity index (χ1) is 13.8. The van der Waals surface area contributed by atoms with Crippen LogP contribution in [0.5, 0.6) is 0 Å². The Labute approximate surface area is 179 Å². The first-order valence-corrected chi connectivity index (χ1v) is 10.8. The monoisotopic (exact) mass is 429 g/mol. The van der Waals surface area contributed by atoms with E-state index in [0.29, 0.717) is 21.1 Å². The number of amides is 1. The normalized spacial score (nSPS) is 13.4. The van der Waals surface area contributed by atoms with E-state index in [4.69, 9.17) is 11.6 Å². The average molecular weight is 430 g/mol. The van der Waals surface area contributed by atoms with E-state index in [9.17, 15) is 9.59 Å². The zero-order valence-electron chi connectivity index (χ0n) is 16.8. The molecule has 0 saturated heterocycles. The highest BCUT2D eigenvalue weighted by Gasteiger charge is 2.22. The summed E-state index contributed by atoms with van der Waals surface area (Å²) < 4.78 is 1.63. The molecule has 0 saturated carbocycles. The number of hydrogen-bond acceptors (Lipinski definition) is 4. The molecule has 0 aliphatic rings. The van der Waals surface area contributed by atoms with Gasteiger partial charge in [-0.25, -0.2) is 4.98 Å². The Kier molecular flexibility index (Phi) is 6.65. The van der Waals surface area contributed by atoms with Gasteiger partial charge in [-0.05, 0) is 51.5 Å². The minimum atomic E-state index is -0.422. The first kappa shape index (κ1) is 21.4. The lowest BCUT2D eigenvalue weighted by Gasteiger charge is -2.20. The van der Waals surface area contributed by atoms with Crippen LogP contribution in [0.2, 0.25) is 5.02 Å². The molecule has 2 unspecified atom stereocenters. The molecule has 1 N–H and O–H groups in total. The third-order valence-electron chi connectivity index (χ3n) is 4.66. The van der Waals surface area contributed by atoms with E-state index in [2.05, 4.69) is 10.3 Å². The summed E-state index contributed by atoms with van der Waals surface area (Å²) in [5, 5.41) is 4.15. The second-order valence-electron chi connectivity index (χ2n) is 7.23. The van der Waals surface area contributed by atoms with E-state index in [1.807, 2.05) is 58.0 Å². The molecule has 3 aromatic rings. The van der Waals surface area contributed by atoms with Gasteiger partial charge in [0.15, 0.2) is 5.16 Å². The van der Waals surface area contributed by atoms with Crippen LogP contribution in [0, 0.1) is 0 Å². The lowest BCUT2D eigenvalue weighted by molar-refractivity contribution is -0.120. The third kappa shape index (κ3) is 4.82. The zero-order valence-corrected chi connectivity index (χ0v) is 18.4. The molecule has 3 rings (SSSR count). The number of fused-ring (bicyclic) bond motifs is 1. The van der Waals surface area contributed by atoms with Gasteiger partial charge in [-0.3, -0.25) is 14.2 Å². The molecule has 0 aliphatic heterocycles. The topological polar surface area (TPSA) is 64.0 Å². The van der Waals surface area contributed by atoms with Gasteiger partial charge in [0, 0.05) is 11.1 Å². The van der Waals surface area contributed by atoms with E-state index in [-0.39, 0.29) is 23.6 Å². The molecule has 1 heterocycles. The number of nitrogens with one attached hydrogen (secondary N) is 1. The molecular formula is C22H24ClN3O2S. The van der Waals surface area contributed by atoms with Crippen molar-refractivity contribution in [2.24, 2.45) is 0 Å². The number of nitrogens with zero attached hydrogens (tertiary/aromatic N) is 2. The molecule has 1 aromatic heterocycles. The van der Waals surface area contributed by atoms with Gasteiger partial charge < -0.3 is 5.32 Å². The molecule has 29 heavy (non-hydrogen) atoms. The molecule has 0 fully saturated rings. The standard InChI is InChI=1S/C22H24ClN3O2S/c1-13(2)26-21(28)18-11-10-17(23)12-19(18)25-22(26)29-15(4)20(27)24-14(3)16-8-6-5-7-9-16/h5-15H,1-4H3,(H,24,27). The highest BCUT2D eigenvalue weighted by molar-refractivity contribution is 8.00. The second-order valence-corrected chi connectivity index (χ2v) is 8.97. The highest BCUT2D eigenvalue weighted by Crippen LogP contribution is 2.26. The maximum Gasteiger partial charge on any atom is 0.262 e. The number of benzene rings is 2. The van der Waals surface area contributed by atoms with Crippen molar-refractivity contribution < 1.29 is 4.79 Å². The van der Waals surface area contributed by atoms with Crippen LogP contribution in [0.4, 0.5) is 0 Å². The van der Waals surface area contributed by atoms with Crippen LogP contribution in [-0.2, 0) is 4.79 Å². The highest BCUT2D eigenvalue weighted by atomic mass is 35.5. The van der Waals surface area contributed by atoms with E-state index in [1.54, 1.807) is 22.8 Å². The number of carbonyl (C=O) groups is 1. The number of aromatic nitrogens is 2. The molecule has 0 aliphatic carbocycles. The van der Waals surface area contributed by atoms with Gasteiger partial charge in [-0.2, -0.15) is 0 Å². The Morgan fingerprint density at radius 3 is 2.45 bits per heavy atom. The van der Waals surface area contributed by atoms with E-state index >= 15 is 0 Å². The van der Waals surface area contributed by atoms with Gasteiger partial charge in [0.25, 0.3) is 5.56 Å². The predicted octanol–water partition coefficient (Wildman–Crippen LogP) is 4.99. The molecule has 5 nitrogen and oxygen atoms in total. The summed E-state index contributed by atoms with van der Waals surface area (Å²) in [5.74, 6) is -0.109. The SMILES string of the molecule is CC(Sc1nc2cc(Cl)ccc2c(=O)n1C(C)C)C(=O)NC(C)c1ccccc1. The summed E-state index contributed by atoms with van der Waals surface area (Å²) in [6, 6.07) is 14.7. The molecule has 0 spiro atoms. The molecule has 152 valence electrons. The molecule has 2 atom stereocenters. The van der Waals surface area contributed by atoms with Crippen LogP contribution in [0.3, 0.4) is 0 Å². The number of hydrogen-bond donors (Lipinski definition) is 1. The maximum absolute atomic E-state index is 13.0. The van der Waals surface area contributed by atoms with Crippen molar-refractivity contribution >= 4 is 40.2 Å². The van der Waals surface area contributed by atoms with Crippen molar-refractivity contribution in [2.45, 2.75) is 50.2 Å². The summed E-state index contributed by atoms with van der Waals surface area (Å²) in [7, 11) is 0. The largest absolute Gasteiger partial charge is 0.349 e. The fraction of sp³-hybridized carbons (Fsp3) is 0.318. The Bertz CT molecular complexity index is 1080. The Hall–Kier alpha value is -2.31. The number of halogens is 1. The molecular weight excluding hydrogens is 406 g/mol. The lowest BCUT2D eigenvalue weighted by atomic mass is 10.1. The van der Waals surface area contributed by atoms with Gasteiger partial charge in [0.05, 0.1) is 22.2 Å². The minimum Gasteiger partial charge on any atom is -0.349 e. The summed E-state index contributed by atoms with van der Waals surface area (Å²) in [5.41, 5.74) is 1.44. The van der Waals surface area contributed by atoms with E-state index in [0.717, 1.165) is 5.56 Å². The van der Waals surface area contributed by atoms with Crippen molar-refractivity contribution in [3.05, 3.63) is 69.5 Å². The summed E-state index contributed by atoms with van der Waals surface area (Å²) >= 11 is 7.35. The van der Waals surface area contributed by atoms with Gasteiger partial charge in [0.1, 0.15) is 0 Å². The summed E-state index contributed by atoms with van der Waals surface area (Å²) in [4.78, 5) is 30.4. The van der Waals surface area contributed by atoms with Crippen LogP contribution in [0.1, 0.15) is 45.3 Å². The number of carbonyl (C=O) groups excluding carboxylic acids is 1. The van der Waals surface area contributed by atoms with Gasteiger partial charge in [0.2, 0.25) is 5.91 Å². The number of thioether (sulfide) groups is 1. The van der Waals surface area contributed by atoms with Gasteiger partial charge in [-0.15, -0.1) is 0 Å². The molecule has 1 amide bonds. The average Bonchev–Trinajstić information content (AvgIpc) is 2.68. The van der Waals surface area contributed by atoms with Crippen LogP contribution in [-0.4, -0.2) is 20.7 Å². The predicted molar refractivity (Wildman–Crippen MR) is 120 cm³/mol. The third-order valence-corrected chi connectivity index (χ3v) is 5.96. The van der Waals surface area contributed by atoms with Crippen LogP contribution in [0.15, 0.2) is 58.5 Å². The zero-order chi connectivity index (χ0) is 21.1. The quantitative estimate of drug-likeness (QED) is 0.443. The first-order valence-electron chi connectivity index (χ1n) is 9.51. The summed E-state index contributed by atoms with van der Waals surface area (Å²) in [6.07, 6.45) is 0.